The van der Waals surface area contributed by atoms with Crippen molar-refractivity contribution in [3.05, 3.63) is 64.1 Å². The third-order valence-corrected chi connectivity index (χ3v) is 4.70. The molecule has 0 bridgehead atoms. The molecule has 0 radical (unpaired) electrons. The number of rotatable bonds is 4. The van der Waals surface area contributed by atoms with E-state index in [4.69, 9.17) is 5.73 Å². The molecule has 4 heteroatoms. The van der Waals surface area contributed by atoms with E-state index < -0.39 is 0 Å². The van der Waals surface area contributed by atoms with E-state index in [2.05, 4.69) is 33.4 Å². The second-order valence-electron chi connectivity index (χ2n) is 5.41. The molecule has 3 rings (SSSR count). The van der Waals surface area contributed by atoms with Crippen LogP contribution in [0.25, 0.3) is 0 Å². The predicted octanol–water partition coefficient (Wildman–Crippen LogP) is 3.91. The third-order valence-electron chi connectivity index (χ3n) is 3.81. The number of nitrogen functional groups attached to an aromatic ring is 1. The summed E-state index contributed by atoms with van der Waals surface area (Å²) in [5.74, 6) is 0.450. The molecule has 1 fully saturated rings. The first-order valence-electron chi connectivity index (χ1n) is 7.06. The Hall–Kier alpha value is -1.81. The van der Waals surface area contributed by atoms with Crippen molar-refractivity contribution in [2.45, 2.75) is 18.9 Å². The van der Waals surface area contributed by atoms with Crippen LogP contribution in [0.1, 0.15) is 34.8 Å². The van der Waals surface area contributed by atoms with Crippen LogP contribution >= 0.6 is 15.9 Å². The molecule has 1 saturated carbocycles. The predicted molar refractivity (Wildman–Crippen MR) is 87.9 cm³/mol. The van der Waals surface area contributed by atoms with Gasteiger partial charge in [-0.15, -0.1) is 0 Å². The maximum absolute atomic E-state index is 12.5. The smallest absolute Gasteiger partial charge is 0.252 e. The van der Waals surface area contributed by atoms with Crippen LogP contribution in [0.2, 0.25) is 0 Å². The Labute approximate surface area is 132 Å². The number of nitrogens with one attached hydrogen (secondary N) is 1. The topological polar surface area (TPSA) is 55.1 Å². The molecular weight excluding hydrogens is 328 g/mol. The van der Waals surface area contributed by atoms with Gasteiger partial charge in [0, 0.05) is 5.69 Å². The van der Waals surface area contributed by atoms with Gasteiger partial charge in [-0.1, -0.05) is 36.4 Å². The van der Waals surface area contributed by atoms with Crippen LogP contribution in [0.4, 0.5) is 5.69 Å². The van der Waals surface area contributed by atoms with E-state index in [0.29, 0.717) is 21.6 Å². The molecule has 3 N–H and O–H groups in total. The highest BCUT2D eigenvalue weighted by Gasteiger charge is 2.33. The summed E-state index contributed by atoms with van der Waals surface area (Å²) in [6, 6.07) is 15.6. The van der Waals surface area contributed by atoms with Crippen molar-refractivity contribution in [1.29, 1.82) is 0 Å². The fourth-order valence-corrected chi connectivity index (χ4v) is 2.95. The van der Waals surface area contributed by atoms with Gasteiger partial charge in [0.05, 0.1) is 16.1 Å². The molecule has 108 valence electrons. The van der Waals surface area contributed by atoms with Gasteiger partial charge in [-0.05, 0) is 52.4 Å². The van der Waals surface area contributed by atoms with Crippen LogP contribution in [-0.4, -0.2) is 5.91 Å². The van der Waals surface area contributed by atoms with E-state index >= 15 is 0 Å². The average Bonchev–Trinajstić information content (AvgIpc) is 3.33. The fraction of sp³-hybridized carbons (Fsp3) is 0.235. The third kappa shape index (κ3) is 3.10. The number of benzene rings is 2. The van der Waals surface area contributed by atoms with E-state index in [1.54, 1.807) is 18.2 Å². The summed E-state index contributed by atoms with van der Waals surface area (Å²) < 4.78 is 0.658. The second-order valence-corrected chi connectivity index (χ2v) is 6.20. The molecule has 1 unspecified atom stereocenters. The van der Waals surface area contributed by atoms with Gasteiger partial charge in [-0.2, -0.15) is 0 Å². The highest BCUT2D eigenvalue weighted by Crippen LogP contribution is 2.41. The van der Waals surface area contributed by atoms with E-state index in [-0.39, 0.29) is 11.9 Å². The van der Waals surface area contributed by atoms with E-state index in [0.717, 1.165) is 18.4 Å². The Morgan fingerprint density at radius 2 is 1.86 bits per heavy atom. The summed E-state index contributed by atoms with van der Waals surface area (Å²) in [4.78, 5) is 12.5. The second kappa shape index (κ2) is 5.90. The lowest BCUT2D eigenvalue weighted by Gasteiger charge is -2.19. The largest absolute Gasteiger partial charge is 0.398 e. The van der Waals surface area contributed by atoms with Crippen molar-refractivity contribution in [3.63, 3.8) is 0 Å². The lowest BCUT2D eigenvalue weighted by Crippen LogP contribution is -2.30. The zero-order valence-corrected chi connectivity index (χ0v) is 13.1. The summed E-state index contributed by atoms with van der Waals surface area (Å²) in [5.41, 5.74) is 8.16. The highest BCUT2D eigenvalue weighted by atomic mass is 79.9. The van der Waals surface area contributed by atoms with Crippen LogP contribution in [0, 0.1) is 5.92 Å². The lowest BCUT2D eigenvalue weighted by atomic mass is 10.0. The van der Waals surface area contributed by atoms with Gasteiger partial charge < -0.3 is 11.1 Å². The number of carbonyl (C=O) groups excluding carboxylic acids is 1. The molecule has 0 saturated heterocycles. The molecule has 21 heavy (non-hydrogen) atoms. The monoisotopic (exact) mass is 344 g/mol. The normalized spacial score (nSPS) is 15.5. The first-order chi connectivity index (χ1) is 10.2. The highest BCUT2D eigenvalue weighted by molar-refractivity contribution is 9.10. The number of halogens is 1. The summed E-state index contributed by atoms with van der Waals surface area (Å²) >= 11 is 3.39. The Balaban J connectivity index is 1.83. The van der Waals surface area contributed by atoms with Gasteiger partial charge in [0.1, 0.15) is 0 Å². The van der Waals surface area contributed by atoms with Gasteiger partial charge in [-0.25, -0.2) is 0 Å². The molecule has 1 amide bonds. The number of anilines is 1. The molecule has 0 aromatic heterocycles. The van der Waals surface area contributed by atoms with Crippen LogP contribution in [0.3, 0.4) is 0 Å². The van der Waals surface area contributed by atoms with Crippen LogP contribution in [0.5, 0.6) is 0 Å². The minimum atomic E-state index is -0.0880. The minimum absolute atomic E-state index is 0.0760. The van der Waals surface area contributed by atoms with Crippen molar-refractivity contribution < 1.29 is 4.79 Å². The van der Waals surface area contributed by atoms with Crippen LogP contribution in [-0.2, 0) is 0 Å². The van der Waals surface area contributed by atoms with Gasteiger partial charge in [0.2, 0.25) is 0 Å². The molecule has 2 aromatic rings. The van der Waals surface area contributed by atoms with Gasteiger partial charge in [-0.3, -0.25) is 4.79 Å². The van der Waals surface area contributed by atoms with Crippen molar-refractivity contribution >= 4 is 27.5 Å². The summed E-state index contributed by atoms with van der Waals surface area (Å²) in [6.45, 7) is 0. The molecule has 3 nitrogen and oxygen atoms in total. The summed E-state index contributed by atoms with van der Waals surface area (Å²) in [7, 11) is 0. The minimum Gasteiger partial charge on any atom is -0.398 e. The Kier molecular flexibility index (Phi) is 3.97. The molecule has 1 aliphatic carbocycles. The number of carbonyl (C=O) groups is 1. The van der Waals surface area contributed by atoms with Crippen molar-refractivity contribution in [3.8, 4) is 0 Å². The number of hydrogen-bond acceptors (Lipinski definition) is 2. The van der Waals surface area contributed by atoms with Gasteiger partial charge in [0.25, 0.3) is 5.91 Å². The summed E-state index contributed by atoms with van der Waals surface area (Å²) in [6.07, 6.45) is 2.33. The van der Waals surface area contributed by atoms with Crippen LogP contribution in [0.15, 0.2) is 53.0 Å². The summed E-state index contributed by atoms with van der Waals surface area (Å²) in [5, 5.41) is 3.16. The molecule has 2 aromatic carbocycles. The maximum Gasteiger partial charge on any atom is 0.252 e. The number of amides is 1. The lowest BCUT2D eigenvalue weighted by molar-refractivity contribution is 0.0931. The van der Waals surface area contributed by atoms with Crippen LogP contribution < -0.4 is 11.1 Å². The molecular formula is C17H17BrN2O. The standard InChI is InChI=1S/C17H17BrN2O/c18-15-13(7-4-8-14(15)19)17(21)20-16(12-9-10-12)11-5-2-1-3-6-11/h1-8,12,16H,9-10,19H2,(H,20,21). The Morgan fingerprint density at radius 3 is 2.52 bits per heavy atom. The Bertz CT molecular complexity index is 653. The Morgan fingerprint density at radius 1 is 1.14 bits per heavy atom. The molecule has 0 spiro atoms. The zero-order valence-electron chi connectivity index (χ0n) is 11.6. The SMILES string of the molecule is Nc1cccc(C(=O)NC(c2ccccc2)C2CC2)c1Br. The van der Waals surface area contributed by atoms with E-state index in [1.807, 2.05) is 18.2 Å². The fourth-order valence-electron chi connectivity index (χ4n) is 2.51. The van der Waals surface area contributed by atoms with Crippen molar-refractivity contribution in [1.82, 2.24) is 5.32 Å². The number of hydrogen-bond donors (Lipinski definition) is 2. The molecule has 0 aliphatic heterocycles. The first kappa shape index (κ1) is 14.1. The molecule has 1 atom stereocenters. The van der Waals surface area contributed by atoms with E-state index in [1.165, 1.54) is 0 Å². The van der Waals surface area contributed by atoms with Crippen molar-refractivity contribution in [2.24, 2.45) is 5.92 Å². The first-order valence-corrected chi connectivity index (χ1v) is 7.86. The quantitative estimate of drug-likeness (QED) is 0.826. The average molecular weight is 345 g/mol. The van der Waals surface area contributed by atoms with Gasteiger partial charge >= 0.3 is 0 Å². The molecule has 0 heterocycles. The van der Waals surface area contributed by atoms with Crippen molar-refractivity contribution in [2.75, 3.05) is 5.73 Å². The zero-order chi connectivity index (χ0) is 14.8. The van der Waals surface area contributed by atoms with Gasteiger partial charge in [0.15, 0.2) is 0 Å². The number of nitrogens with two attached hydrogens (primary N) is 1. The molecule has 1 aliphatic rings. The van der Waals surface area contributed by atoms with E-state index in [9.17, 15) is 4.79 Å². The maximum atomic E-state index is 12.5.